The monoisotopic (exact) mass is 282 g/mol. The number of ether oxygens (including phenoxy) is 1. The van der Waals surface area contributed by atoms with E-state index in [9.17, 15) is 4.79 Å². The Labute approximate surface area is 118 Å². The summed E-state index contributed by atoms with van der Waals surface area (Å²) in [6.45, 7) is 3.79. The van der Waals surface area contributed by atoms with Gasteiger partial charge in [0.2, 0.25) is 5.91 Å². The number of rotatable bonds is 4. The predicted octanol–water partition coefficient (Wildman–Crippen LogP) is 1.81. The Morgan fingerprint density at radius 3 is 3.00 bits per heavy atom. The molecule has 0 radical (unpaired) electrons. The number of carbonyl (C=O) groups excluding carboxylic acids is 1. The minimum atomic E-state index is -0.346. The summed E-state index contributed by atoms with van der Waals surface area (Å²) >= 11 is 5.96. The van der Waals surface area contributed by atoms with E-state index >= 15 is 0 Å². The number of hydrogen-bond acceptors (Lipinski definition) is 3. The van der Waals surface area contributed by atoms with Crippen molar-refractivity contribution in [2.45, 2.75) is 25.5 Å². The summed E-state index contributed by atoms with van der Waals surface area (Å²) < 4.78 is 5.61. The van der Waals surface area contributed by atoms with Crippen LogP contribution in [0.25, 0.3) is 0 Å². The average Bonchev–Trinajstić information content (AvgIpc) is 2.34. The molecule has 1 aliphatic heterocycles. The zero-order valence-corrected chi connectivity index (χ0v) is 11.8. The number of halogens is 1. The predicted molar refractivity (Wildman–Crippen MR) is 74.9 cm³/mol. The van der Waals surface area contributed by atoms with Crippen LogP contribution < -0.4 is 5.73 Å². The molecule has 1 amide bonds. The lowest BCUT2D eigenvalue weighted by molar-refractivity contribution is -0.162. The molecule has 1 aromatic rings. The van der Waals surface area contributed by atoms with Gasteiger partial charge in [0.25, 0.3) is 0 Å². The molecule has 4 nitrogen and oxygen atoms in total. The van der Waals surface area contributed by atoms with Gasteiger partial charge in [0, 0.05) is 18.1 Å². The molecule has 1 aliphatic rings. The molecule has 1 fully saturated rings. The van der Waals surface area contributed by atoms with Crippen LogP contribution in [0.5, 0.6) is 0 Å². The summed E-state index contributed by atoms with van der Waals surface area (Å²) in [4.78, 5) is 13.7. The van der Waals surface area contributed by atoms with Crippen LogP contribution in [0.4, 0.5) is 0 Å². The van der Waals surface area contributed by atoms with Gasteiger partial charge in [0.05, 0.1) is 5.60 Å². The standard InChI is InChI=1S/C14H19ClN2O2/c1-14(5-6-16)10-17(13(18)9-19-14)8-11-3-2-4-12(15)7-11/h2-4,7H,5-6,8-10,16H2,1H3. The number of nitrogens with zero attached hydrogens (tertiary/aromatic N) is 1. The van der Waals surface area contributed by atoms with Crippen molar-refractivity contribution >= 4 is 17.5 Å². The van der Waals surface area contributed by atoms with Crippen molar-refractivity contribution < 1.29 is 9.53 Å². The Balaban J connectivity index is 2.07. The van der Waals surface area contributed by atoms with E-state index in [0.717, 1.165) is 12.0 Å². The average molecular weight is 283 g/mol. The van der Waals surface area contributed by atoms with Crippen molar-refractivity contribution in [1.82, 2.24) is 4.90 Å². The van der Waals surface area contributed by atoms with Gasteiger partial charge in [-0.3, -0.25) is 4.79 Å². The highest BCUT2D eigenvalue weighted by atomic mass is 35.5. The lowest BCUT2D eigenvalue weighted by atomic mass is 9.99. The van der Waals surface area contributed by atoms with Gasteiger partial charge >= 0.3 is 0 Å². The molecule has 1 aromatic carbocycles. The first-order chi connectivity index (χ1) is 9.02. The molecule has 104 valence electrons. The lowest BCUT2D eigenvalue weighted by Crippen LogP contribution is -2.53. The number of hydrogen-bond donors (Lipinski definition) is 1. The van der Waals surface area contributed by atoms with Crippen LogP contribution in [0.3, 0.4) is 0 Å². The Morgan fingerprint density at radius 1 is 1.53 bits per heavy atom. The summed E-state index contributed by atoms with van der Waals surface area (Å²) in [7, 11) is 0. The number of benzene rings is 1. The molecule has 1 atom stereocenters. The highest BCUT2D eigenvalue weighted by Crippen LogP contribution is 2.23. The molecule has 0 bridgehead atoms. The van der Waals surface area contributed by atoms with Crippen molar-refractivity contribution in [3.63, 3.8) is 0 Å². The Bertz CT molecular complexity index is 467. The molecule has 19 heavy (non-hydrogen) atoms. The van der Waals surface area contributed by atoms with Crippen molar-refractivity contribution in [1.29, 1.82) is 0 Å². The summed E-state index contributed by atoms with van der Waals surface area (Å²) in [5.41, 5.74) is 6.28. The van der Waals surface area contributed by atoms with E-state index < -0.39 is 0 Å². The van der Waals surface area contributed by atoms with Crippen LogP contribution in [0.1, 0.15) is 18.9 Å². The van der Waals surface area contributed by atoms with Gasteiger partial charge in [-0.05, 0) is 37.6 Å². The smallest absolute Gasteiger partial charge is 0.248 e. The highest BCUT2D eigenvalue weighted by Gasteiger charge is 2.35. The quantitative estimate of drug-likeness (QED) is 0.916. The Morgan fingerprint density at radius 2 is 2.32 bits per heavy atom. The number of amides is 1. The summed E-state index contributed by atoms with van der Waals surface area (Å²) in [6.07, 6.45) is 0.742. The van der Waals surface area contributed by atoms with Gasteiger partial charge in [-0.1, -0.05) is 23.7 Å². The van der Waals surface area contributed by atoms with Crippen LogP contribution in [0.2, 0.25) is 5.02 Å². The zero-order valence-electron chi connectivity index (χ0n) is 11.1. The number of morpholine rings is 1. The van der Waals surface area contributed by atoms with Crippen molar-refractivity contribution in [2.24, 2.45) is 5.73 Å². The van der Waals surface area contributed by atoms with Gasteiger partial charge in [-0.25, -0.2) is 0 Å². The van der Waals surface area contributed by atoms with Gasteiger partial charge in [-0.15, -0.1) is 0 Å². The zero-order chi connectivity index (χ0) is 13.9. The fourth-order valence-corrected chi connectivity index (χ4v) is 2.53. The molecule has 2 N–H and O–H groups in total. The molecule has 0 aromatic heterocycles. The molecular weight excluding hydrogens is 264 g/mol. The van der Waals surface area contributed by atoms with E-state index in [1.54, 1.807) is 0 Å². The first-order valence-corrected chi connectivity index (χ1v) is 6.76. The SMILES string of the molecule is CC1(CCN)CN(Cc2cccc(Cl)c2)C(=O)CO1. The summed E-state index contributed by atoms with van der Waals surface area (Å²) in [5, 5.41) is 0.683. The number of nitrogens with two attached hydrogens (primary N) is 1. The van der Waals surface area contributed by atoms with E-state index in [-0.39, 0.29) is 18.1 Å². The maximum absolute atomic E-state index is 11.9. The normalized spacial score (nSPS) is 23.7. The summed E-state index contributed by atoms with van der Waals surface area (Å²) in [6, 6.07) is 7.56. The molecule has 1 heterocycles. The lowest BCUT2D eigenvalue weighted by Gasteiger charge is -2.40. The largest absolute Gasteiger partial charge is 0.364 e. The molecular formula is C14H19ClN2O2. The molecule has 1 saturated heterocycles. The fraction of sp³-hybridized carbons (Fsp3) is 0.500. The highest BCUT2D eigenvalue weighted by molar-refractivity contribution is 6.30. The maximum atomic E-state index is 11.9. The van der Waals surface area contributed by atoms with Gasteiger partial charge in [-0.2, -0.15) is 0 Å². The molecule has 5 heteroatoms. The van der Waals surface area contributed by atoms with E-state index in [1.807, 2.05) is 36.1 Å². The minimum absolute atomic E-state index is 0.00877. The minimum Gasteiger partial charge on any atom is -0.364 e. The van der Waals surface area contributed by atoms with Gasteiger partial charge in [0.1, 0.15) is 6.61 Å². The van der Waals surface area contributed by atoms with Crippen molar-refractivity contribution in [3.8, 4) is 0 Å². The first-order valence-electron chi connectivity index (χ1n) is 6.39. The second-order valence-corrected chi connectivity index (χ2v) is 5.59. The van der Waals surface area contributed by atoms with Crippen LogP contribution in [-0.2, 0) is 16.1 Å². The van der Waals surface area contributed by atoms with Gasteiger partial charge < -0.3 is 15.4 Å². The second kappa shape index (κ2) is 5.90. The van der Waals surface area contributed by atoms with Gasteiger partial charge in [0.15, 0.2) is 0 Å². The third kappa shape index (κ3) is 3.69. The van der Waals surface area contributed by atoms with Crippen molar-refractivity contribution in [2.75, 3.05) is 19.7 Å². The number of carbonyl (C=O) groups is 1. The maximum Gasteiger partial charge on any atom is 0.248 e. The summed E-state index contributed by atoms with van der Waals surface area (Å²) in [5.74, 6) is 0.00877. The van der Waals surface area contributed by atoms with Crippen LogP contribution in [0.15, 0.2) is 24.3 Å². The molecule has 1 unspecified atom stereocenters. The van der Waals surface area contributed by atoms with E-state index in [4.69, 9.17) is 22.1 Å². The Hall–Kier alpha value is -1.10. The van der Waals surface area contributed by atoms with E-state index in [1.165, 1.54) is 0 Å². The third-order valence-corrected chi connectivity index (χ3v) is 3.59. The Kier molecular flexibility index (Phi) is 4.45. The third-order valence-electron chi connectivity index (χ3n) is 3.36. The second-order valence-electron chi connectivity index (χ2n) is 5.16. The molecule has 0 aliphatic carbocycles. The first kappa shape index (κ1) is 14.3. The van der Waals surface area contributed by atoms with E-state index in [0.29, 0.717) is 24.7 Å². The van der Waals surface area contributed by atoms with Crippen LogP contribution in [0, 0.1) is 0 Å². The van der Waals surface area contributed by atoms with Crippen molar-refractivity contribution in [3.05, 3.63) is 34.9 Å². The topological polar surface area (TPSA) is 55.6 Å². The van der Waals surface area contributed by atoms with E-state index in [2.05, 4.69) is 0 Å². The van der Waals surface area contributed by atoms with Crippen LogP contribution in [-0.4, -0.2) is 36.1 Å². The fourth-order valence-electron chi connectivity index (χ4n) is 2.32. The molecule has 0 spiro atoms. The molecule has 0 saturated carbocycles. The molecule has 2 rings (SSSR count). The van der Waals surface area contributed by atoms with Crippen LogP contribution >= 0.6 is 11.6 Å².